The van der Waals surface area contributed by atoms with E-state index in [9.17, 15) is 24.0 Å². The molecule has 2 fully saturated rings. The first kappa shape index (κ1) is 46.0. The molecule has 6 heterocycles. The van der Waals surface area contributed by atoms with Crippen molar-refractivity contribution in [3.05, 3.63) is 94.8 Å². The van der Waals surface area contributed by atoms with E-state index in [1.54, 1.807) is 45.8 Å². The average Bonchev–Trinajstić information content (AvgIpc) is 4.01. The van der Waals surface area contributed by atoms with Gasteiger partial charge in [0.25, 0.3) is 11.8 Å². The Bertz CT molecular complexity index is 2360. The lowest BCUT2D eigenvalue weighted by molar-refractivity contribution is -0.136. The molecule has 0 unspecified atom stereocenters. The van der Waals surface area contributed by atoms with E-state index in [1.165, 1.54) is 5.56 Å². The van der Waals surface area contributed by atoms with Crippen LogP contribution in [0.15, 0.2) is 60.9 Å². The van der Waals surface area contributed by atoms with Gasteiger partial charge in [-0.25, -0.2) is 0 Å². The van der Waals surface area contributed by atoms with Gasteiger partial charge in [-0.2, -0.15) is 10.2 Å². The van der Waals surface area contributed by atoms with E-state index in [4.69, 9.17) is 0 Å². The van der Waals surface area contributed by atoms with Crippen molar-refractivity contribution in [1.82, 2.24) is 70.8 Å². The van der Waals surface area contributed by atoms with Crippen LogP contribution in [0.4, 0.5) is 11.6 Å². The van der Waals surface area contributed by atoms with Gasteiger partial charge >= 0.3 is 0 Å². The Labute approximate surface area is 376 Å². The van der Waals surface area contributed by atoms with E-state index in [-0.39, 0.29) is 48.3 Å². The molecule has 5 aromatic rings. The molecule has 0 saturated carbocycles. The fourth-order valence-corrected chi connectivity index (χ4v) is 7.81. The minimum atomic E-state index is -0.293. The molecule has 21 heteroatoms. The number of nitrogens with one attached hydrogen (secondary N) is 4. The molecule has 2 aliphatic heterocycles. The topological polar surface area (TPSA) is 253 Å². The summed E-state index contributed by atoms with van der Waals surface area (Å²) in [6.07, 6.45) is 12.1. The van der Waals surface area contributed by atoms with E-state index >= 15 is 0 Å². The number of hydrogen-bond acceptors (Lipinski definition) is 14. The van der Waals surface area contributed by atoms with E-state index in [0.29, 0.717) is 62.3 Å². The molecule has 21 nitrogen and oxygen atoms in total. The zero-order valence-corrected chi connectivity index (χ0v) is 36.7. The monoisotopic (exact) mass is 888 g/mol. The predicted octanol–water partition coefficient (Wildman–Crippen LogP) is 2.55. The summed E-state index contributed by atoms with van der Waals surface area (Å²) in [4.78, 5) is 65.4. The molecule has 4 aromatic heterocycles. The highest BCUT2D eigenvalue weighted by Crippen LogP contribution is 2.28. The number of amides is 5. The molecule has 0 bridgehead atoms. The number of unbranched alkanes of at least 4 members (excludes halogenated alkanes) is 2. The predicted molar refractivity (Wildman–Crippen MR) is 237 cm³/mol. The smallest absolute Gasteiger partial charge is 0.273 e. The van der Waals surface area contributed by atoms with Crippen molar-refractivity contribution in [2.24, 2.45) is 0 Å². The summed E-state index contributed by atoms with van der Waals surface area (Å²) in [6.45, 7) is 4.12. The molecule has 65 heavy (non-hydrogen) atoms. The maximum Gasteiger partial charge on any atom is 0.273 e. The summed E-state index contributed by atoms with van der Waals surface area (Å²) in [5.74, 6) is 0.207. The molecule has 2 aliphatic rings. The lowest BCUT2D eigenvalue weighted by atomic mass is 9.89. The van der Waals surface area contributed by atoms with Gasteiger partial charge in [-0.3, -0.25) is 38.2 Å². The second kappa shape index (κ2) is 23.1. The van der Waals surface area contributed by atoms with Crippen LogP contribution in [0.3, 0.4) is 0 Å². The number of carbonyl (C=O) groups is 5. The Morgan fingerprint density at radius 3 is 1.78 bits per heavy atom. The first-order valence-corrected chi connectivity index (χ1v) is 22.3. The van der Waals surface area contributed by atoms with Gasteiger partial charge in [0.2, 0.25) is 17.7 Å². The number of nitrogens with zero attached hydrogens (tertiary/aromatic N) is 12. The SMILES string of the molecule is CNC(=O)c1cn(CCCCc2ccc(NC(=O)CN3CCC(c4ccc(CNC(=O)c5cn(CCCCc6ccc(NC(=O)CN7CCCCC7=O)nn6)nn5)cc4)CC3)nn2)nn1. The van der Waals surface area contributed by atoms with Crippen molar-refractivity contribution in [2.45, 2.75) is 96.2 Å². The van der Waals surface area contributed by atoms with Crippen molar-refractivity contribution in [2.75, 3.05) is 50.4 Å². The van der Waals surface area contributed by atoms with Gasteiger partial charge in [-0.05, 0) is 119 Å². The van der Waals surface area contributed by atoms with E-state index in [1.807, 2.05) is 24.3 Å². The van der Waals surface area contributed by atoms with E-state index in [0.717, 1.165) is 87.8 Å². The Kier molecular flexibility index (Phi) is 16.3. The van der Waals surface area contributed by atoms with Crippen molar-refractivity contribution in [3.63, 3.8) is 0 Å². The second-order valence-electron chi connectivity index (χ2n) is 16.4. The summed E-state index contributed by atoms with van der Waals surface area (Å²) in [5.41, 5.74) is 4.40. The molecule has 5 amide bonds. The van der Waals surface area contributed by atoms with Crippen LogP contribution in [-0.2, 0) is 46.9 Å². The fraction of sp³-hybridized carbons (Fsp3) is 0.477. The summed E-state index contributed by atoms with van der Waals surface area (Å²) >= 11 is 0. The molecule has 2 saturated heterocycles. The Hall–Kier alpha value is -7.03. The number of aryl methyl sites for hydroxylation is 4. The fourth-order valence-electron chi connectivity index (χ4n) is 7.81. The molecule has 4 N–H and O–H groups in total. The zero-order chi connectivity index (χ0) is 45.4. The van der Waals surface area contributed by atoms with Crippen LogP contribution in [0, 0.1) is 0 Å². The van der Waals surface area contributed by atoms with Crippen LogP contribution in [0.5, 0.6) is 0 Å². The van der Waals surface area contributed by atoms with Crippen LogP contribution in [-0.4, -0.2) is 129 Å². The maximum atomic E-state index is 12.9. The third-order valence-corrected chi connectivity index (χ3v) is 11.5. The van der Waals surface area contributed by atoms with Crippen molar-refractivity contribution in [1.29, 1.82) is 0 Å². The molecule has 7 rings (SSSR count). The number of piperidine rings is 2. The Morgan fingerprint density at radius 2 is 1.23 bits per heavy atom. The van der Waals surface area contributed by atoms with Crippen LogP contribution in [0.25, 0.3) is 0 Å². The number of anilines is 2. The Morgan fingerprint density at radius 1 is 0.646 bits per heavy atom. The normalized spacial score (nSPS) is 14.5. The minimum Gasteiger partial charge on any atom is -0.354 e. The van der Waals surface area contributed by atoms with E-state index < -0.39 is 0 Å². The van der Waals surface area contributed by atoms with Crippen LogP contribution in [0.1, 0.15) is 107 Å². The highest BCUT2D eigenvalue weighted by atomic mass is 16.2. The molecule has 0 radical (unpaired) electrons. The summed E-state index contributed by atoms with van der Waals surface area (Å²) in [6, 6.07) is 15.5. The zero-order valence-electron chi connectivity index (χ0n) is 36.7. The number of aromatic nitrogens is 10. The lowest BCUT2D eigenvalue weighted by Gasteiger charge is -2.31. The molecule has 1 aromatic carbocycles. The van der Waals surface area contributed by atoms with E-state index in [2.05, 4.69) is 79.3 Å². The Balaban J connectivity index is 0.735. The lowest BCUT2D eigenvalue weighted by Crippen LogP contribution is -2.40. The van der Waals surface area contributed by atoms with Crippen LogP contribution >= 0.6 is 0 Å². The maximum absolute atomic E-state index is 12.9. The summed E-state index contributed by atoms with van der Waals surface area (Å²) in [7, 11) is 1.55. The van der Waals surface area contributed by atoms with Crippen LogP contribution in [0.2, 0.25) is 0 Å². The molecule has 342 valence electrons. The van der Waals surface area contributed by atoms with Gasteiger partial charge in [0.15, 0.2) is 23.0 Å². The highest BCUT2D eigenvalue weighted by Gasteiger charge is 2.23. The highest BCUT2D eigenvalue weighted by molar-refractivity contribution is 5.94. The third kappa shape index (κ3) is 14.0. The third-order valence-electron chi connectivity index (χ3n) is 11.5. The van der Waals surface area contributed by atoms with Crippen molar-refractivity contribution in [3.8, 4) is 0 Å². The minimum absolute atomic E-state index is 0.00662. The van der Waals surface area contributed by atoms with Gasteiger partial charge in [-0.15, -0.1) is 20.4 Å². The average molecular weight is 889 g/mol. The number of carbonyl (C=O) groups excluding carboxylic acids is 5. The second-order valence-corrected chi connectivity index (χ2v) is 16.4. The number of hydrogen-bond donors (Lipinski definition) is 4. The molecule has 0 spiro atoms. The quantitative estimate of drug-likeness (QED) is 0.0774. The summed E-state index contributed by atoms with van der Waals surface area (Å²) < 4.78 is 3.31. The van der Waals surface area contributed by atoms with Gasteiger partial charge < -0.3 is 26.2 Å². The molecular weight excluding hydrogens is 833 g/mol. The van der Waals surface area contributed by atoms with Crippen molar-refractivity contribution < 1.29 is 24.0 Å². The standard InChI is InChI=1S/C44H56N16O5/c1-45-43(64)36-27-59(55-51-36)22-6-2-8-34-15-17-38(53-49-34)47-40(61)29-57-24-19-33(20-25-57)32-13-11-31(12-14-32)26-46-44(65)37-28-60(56-52-37)23-7-3-9-35-16-18-39(54-50-35)48-41(62)30-58-21-5-4-10-42(58)63/h11-18,27-28,33H,2-10,19-26,29-30H2,1H3,(H,45,64)(H,46,65)(H,47,53,61)(H,48,54,62). The van der Waals surface area contributed by atoms with Gasteiger partial charge in [0.1, 0.15) is 0 Å². The van der Waals surface area contributed by atoms with Crippen LogP contribution < -0.4 is 21.3 Å². The summed E-state index contributed by atoms with van der Waals surface area (Å²) in [5, 5.41) is 43.9. The molecular formula is C44H56N16O5. The van der Waals surface area contributed by atoms with Crippen molar-refractivity contribution >= 4 is 41.2 Å². The number of benzene rings is 1. The van der Waals surface area contributed by atoms with Gasteiger partial charge in [0.05, 0.1) is 36.9 Å². The first-order chi connectivity index (χ1) is 31.7. The largest absolute Gasteiger partial charge is 0.354 e. The van der Waals surface area contributed by atoms with Gasteiger partial charge in [-0.1, -0.05) is 34.7 Å². The molecule has 0 aliphatic carbocycles. The first-order valence-electron chi connectivity index (χ1n) is 22.3. The van der Waals surface area contributed by atoms with Gasteiger partial charge in [0, 0.05) is 39.6 Å². The number of likely N-dealkylation sites (tertiary alicyclic amines) is 2. The number of rotatable bonds is 21. The molecule has 0 atom stereocenters.